The summed E-state index contributed by atoms with van der Waals surface area (Å²) in [4.78, 5) is 28.5. The number of fused-ring (bicyclic) bond motifs is 1. The number of para-hydroxylation sites is 1. The Bertz CT molecular complexity index is 910. The standard InChI is InChI=1S/C18H19N5O3/c24-16(17-6-3-11-26-17)12-21-7-9-22(10-8-21)18(25)13-23-15-5-2-1-4-14(15)19-20-23/h1-6,11H,7-10,12-13H2. The van der Waals surface area contributed by atoms with Crippen molar-refractivity contribution in [3.63, 3.8) is 0 Å². The molecular formula is C18H19N5O3. The molecule has 1 aromatic carbocycles. The molecule has 1 aliphatic rings. The van der Waals surface area contributed by atoms with E-state index in [-0.39, 0.29) is 18.2 Å². The number of furan rings is 1. The summed E-state index contributed by atoms with van der Waals surface area (Å²) in [6.07, 6.45) is 1.50. The van der Waals surface area contributed by atoms with Crippen LogP contribution in [-0.4, -0.2) is 69.2 Å². The molecule has 1 amide bonds. The van der Waals surface area contributed by atoms with Gasteiger partial charge in [0.05, 0.1) is 18.3 Å². The predicted molar refractivity (Wildman–Crippen MR) is 93.6 cm³/mol. The van der Waals surface area contributed by atoms with E-state index in [1.54, 1.807) is 16.8 Å². The third-order valence-corrected chi connectivity index (χ3v) is 4.59. The first-order valence-electron chi connectivity index (χ1n) is 8.56. The van der Waals surface area contributed by atoms with Gasteiger partial charge in [0.2, 0.25) is 11.7 Å². The van der Waals surface area contributed by atoms with E-state index in [4.69, 9.17) is 4.42 Å². The van der Waals surface area contributed by atoms with Gasteiger partial charge >= 0.3 is 0 Å². The van der Waals surface area contributed by atoms with Gasteiger partial charge in [0, 0.05) is 26.2 Å². The first-order valence-corrected chi connectivity index (χ1v) is 8.56. The number of carbonyl (C=O) groups excluding carboxylic acids is 2. The number of piperazine rings is 1. The lowest BCUT2D eigenvalue weighted by molar-refractivity contribution is -0.133. The number of nitrogens with zero attached hydrogens (tertiary/aromatic N) is 5. The van der Waals surface area contributed by atoms with Gasteiger partial charge in [-0.3, -0.25) is 14.5 Å². The molecule has 2 aromatic heterocycles. The highest BCUT2D eigenvalue weighted by Gasteiger charge is 2.24. The van der Waals surface area contributed by atoms with Crippen LogP contribution in [0.25, 0.3) is 11.0 Å². The van der Waals surface area contributed by atoms with Crippen molar-refractivity contribution in [1.82, 2.24) is 24.8 Å². The molecule has 1 fully saturated rings. The number of Topliss-reactive ketones (excluding diaryl/α,β-unsaturated/α-hetero) is 1. The first kappa shape index (κ1) is 16.5. The molecule has 0 radical (unpaired) electrons. The van der Waals surface area contributed by atoms with Gasteiger partial charge in [0.15, 0.2) is 5.76 Å². The summed E-state index contributed by atoms with van der Waals surface area (Å²) in [5, 5.41) is 8.14. The molecule has 3 aromatic rings. The second-order valence-corrected chi connectivity index (χ2v) is 6.29. The Morgan fingerprint density at radius 3 is 2.58 bits per heavy atom. The highest BCUT2D eigenvalue weighted by molar-refractivity contribution is 5.95. The highest BCUT2D eigenvalue weighted by atomic mass is 16.3. The number of ketones is 1. The molecule has 134 valence electrons. The molecule has 0 bridgehead atoms. The van der Waals surface area contributed by atoms with Gasteiger partial charge < -0.3 is 9.32 Å². The molecule has 0 saturated carbocycles. The van der Waals surface area contributed by atoms with Crippen LogP contribution in [0.15, 0.2) is 47.1 Å². The van der Waals surface area contributed by atoms with Crippen LogP contribution in [0.3, 0.4) is 0 Å². The van der Waals surface area contributed by atoms with E-state index in [1.807, 2.05) is 34.1 Å². The maximum Gasteiger partial charge on any atom is 0.244 e. The van der Waals surface area contributed by atoms with Gasteiger partial charge in [-0.05, 0) is 24.3 Å². The molecular weight excluding hydrogens is 334 g/mol. The third kappa shape index (κ3) is 3.36. The molecule has 4 rings (SSSR count). The fourth-order valence-electron chi connectivity index (χ4n) is 3.14. The Morgan fingerprint density at radius 1 is 1.00 bits per heavy atom. The number of carbonyl (C=O) groups is 2. The number of hydrogen-bond acceptors (Lipinski definition) is 6. The Morgan fingerprint density at radius 2 is 1.81 bits per heavy atom. The van der Waals surface area contributed by atoms with Gasteiger partial charge in [-0.2, -0.15) is 0 Å². The second-order valence-electron chi connectivity index (χ2n) is 6.29. The molecule has 3 heterocycles. The fraction of sp³-hybridized carbons (Fsp3) is 0.333. The molecule has 8 nitrogen and oxygen atoms in total. The Kier molecular flexibility index (Phi) is 4.49. The number of hydrogen-bond donors (Lipinski definition) is 0. The minimum Gasteiger partial charge on any atom is -0.461 e. The van der Waals surface area contributed by atoms with Crippen LogP contribution in [0.1, 0.15) is 10.6 Å². The lowest BCUT2D eigenvalue weighted by Crippen LogP contribution is -2.50. The monoisotopic (exact) mass is 353 g/mol. The van der Waals surface area contributed by atoms with Crippen molar-refractivity contribution >= 4 is 22.7 Å². The summed E-state index contributed by atoms with van der Waals surface area (Å²) < 4.78 is 6.76. The quantitative estimate of drug-likeness (QED) is 0.638. The molecule has 8 heteroatoms. The Labute approximate surface area is 150 Å². The van der Waals surface area contributed by atoms with E-state index in [0.29, 0.717) is 38.5 Å². The average molecular weight is 353 g/mol. The molecule has 0 spiro atoms. The van der Waals surface area contributed by atoms with Crippen LogP contribution in [0.4, 0.5) is 0 Å². The van der Waals surface area contributed by atoms with Gasteiger partial charge in [-0.1, -0.05) is 17.3 Å². The van der Waals surface area contributed by atoms with E-state index >= 15 is 0 Å². The number of amides is 1. The molecule has 0 N–H and O–H groups in total. The van der Waals surface area contributed by atoms with Crippen LogP contribution < -0.4 is 0 Å². The zero-order valence-corrected chi connectivity index (χ0v) is 14.2. The maximum atomic E-state index is 12.6. The Balaban J connectivity index is 1.31. The topological polar surface area (TPSA) is 84.5 Å². The van der Waals surface area contributed by atoms with E-state index < -0.39 is 0 Å². The smallest absolute Gasteiger partial charge is 0.244 e. The largest absolute Gasteiger partial charge is 0.461 e. The van der Waals surface area contributed by atoms with Crippen LogP contribution in [0, 0.1) is 0 Å². The average Bonchev–Trinajstić information content (AvgIpc) is 3.33. The van der Waals surface area contributed by atoms with Crippen LogP contribution in [-0.2, 0) is 11.3 Å². The second kappa shape index (κ2) is 7.09. The number of rotatable bonds is 5. The van der Waals surface area contributed by atoms with Crippen LogP contribution >= 0.6 is 0 Å². The van der Waals surface area contributed by atoms with Crippen LogP contribution in [0.5, 0.6) is 0 Å². The summed E-state index contributed by atoms with van der Waals surface area (Å²) in [6, 6.07) is 11.0. The van der Waals surface area contributed by atoms with Gasteiger partial charge in [-0.25, -0.2) is 4.68 Å². The molecule has 1 saturated heterocycles. The SMILES string of the molecule is O=C(CN1CCN(C(=O)Cn2nnc3ccccc32)CC1)c1ccco1. The van der Waals surface area contributed by atoms with Gasteiger partial charge in [0.25, 0.3) is 0 Å². The van der Waals surface area contributed by atoms with E-state index in [2.05, 4.69) is 10.3 Å². The first-order chi connectivity index (χ1) is 12.7. The summed E-state index contributed by atoms with van der Waals surface area (Å²) in [6.45, 7) is 3.00. The van der Waals surface area contributed by atoms with Crippen molar-refractivity contribution in [3.8, 4) is 0 Å². The minimum atomic E-state index is -0.0381. The summed E-state index contributed by atoms with van der Waals surface area (Å²) in [7, 11) is 0. The molecule has 26 heavy (non-hydrogen) atoms. The van der Waals surface area contributed by atoms with E-state index in [1.165, 1.54) is 6.26 Å². The van der Waals surface area contributed by atoms with Crippen LogP contribution in [0.2, 0.25) is 0 Å². The van der Waals surface area contributed by atoms with Crippen molar-refractivity contribution < 1.29 is 14.0 Å². The maximum absolute atomic E-state index is 12.6. The van der Waals surface area contributed by atoms with Gasteiger partial charge in [-0.15, -0.1) is 5.10 Å². The van der Waals surface area contributed by atoms with E-state index in [0.717, 1.165) is 11.0 Å². The highest BCUT2D eigenvalue weighted by Crippen LogP contribution is 2.11. The van der Waals surface area contributed by atoms with E-state index in [9.17, 15) is 9.59 Å². The van der Waals surface area contributed by atoms with Crippen molar-refractivity contribution in [1.29, 1.82) is 0 Å². The molecule has 1 aliphatic heterocycles. The van der Waals surface area contributed by atoms with Gasteiger partial charge in [0.1, 0.15) is 12.1 Å². The summed E-state index contributed by atoms with van der Waals surface area (Å²) in [5.74, 6) is 0.350. The van der Waals surface area contributed by atoms with Crippen molar-refractivity contribution in [2.75, 3.05) is 32.7 Å². The number of benzene rings is 1. The van der Waals surface area contributed by atoms with Crippen molar-refractivity contribution in [2.45, 2.75) is 6.54 Å². The predicted octanol–water partition coefficient (Wildman–Crippen LogP) is 1.05. The Hall–Kier alpha value is -3.00. The third-order valence-electron chi connectivity index (χ3n) is 4.59. The summed E-state index contributed by atoms with van der Waals surface area (Å²) >= 11 is 0. The molecule has 0 unspecified atom stereocenters. The lowest BCUT2D eigenvalue weighted by atomic mass is 10.2. The molecule has 0 atom stereocenters. The zero-order valence-electron chi connectivity index (χ0n) is 14.2. The van der Waals surface area contributed by atoms with Crippen molar-refractivity contribution in [2.24, 2.45) is 0 Å². The van der Waals surface area contributed by atoms with Crippen molar-refractivity contribution in [3.05, 3.63) is 48.4 Å². The number of aromatic nitrogens is 3. The lowest BCUT2D eigenvalue weighted by Gasteiger charge is -2.34. The normalized spacial score (nSPS) is 15.5. The summed E-state index contributed by atoms with van der Waals surface area (Å²) in [5.41, 5.74) is 1.63. The molecule has 0 aliphatic carbocycles. The minimum absolute atomic E-state index is 0.0117. The fourth-order valence-corrected chi connectivity index (χ4v) is 3.14. The zero-order chi connectivity index (χ0) is 17.9.